The fourth-order valence-electron chi connectivity index (χ4n) is 4.74. The van der Waals surface area contributed by atoms with Crippen molar-refractivity contribution in [1.29, 1.82) is 5.26 Å². The summed E-state index contributed by atoms with van der Waals surface area (Å²) in [7, 11) is 0. The van der Waals surface area contributed by atoms with E-state index in [4.69, 9.17) is 9.84 Å². The maximum Gasteiger partial charge on any atom is 0.298 e. The number of benzene rings is 3. The lowest BCUT2D eigenvalue weighted by molar-refractivity contribution is 0.0428. The van der Waals surface area contributed by atoms with Crippen molar-refractivity contribution in [3.63, 3.8) is 0 Å². The number of halogens is 2. The minimum atomic E-state index is -3.21. The Morgan fingerprint density at radius 2 is 1.85 bits per heavy atom. The molecular formula is C30H25F2N5O4. The molecule has 208 valence electrons. The average Bonchev–Trinajstić information content (AvgIpc) is 3.38. The number of ether oxygens (including phenoxy) is 1. The van der Waals surface area contributed by atoms with E-state index in [2.05, 4.69) is 10.4 Å². The highest BCUT2D eigenvalue weighted by Crippen LogP contribution is 2.37. The summed E-state index contributed by atoms with van der Waals surface area (Å²) in [6, 6.07) is 18.9. The normalized spacial score (nSPS) is 14.8. The minimum absolute atomic E-state index is 0.00200. The number of hydrogen-bond acceptors (Lipinski definition) is 6. The Hall–Kier alpha value is -5.08. The maximum atomic E-state index is 15.0. The first kappa shape index (κ1) is 27.5. The van der Waals surface area contributed by atoms with Crippen molar-refractivity contribution < 1.29 is 28.2 Å². The van der Waals surface area contributed by atoms with Crippen LogP contribution in [-0.4, -0.2) is 46.0 Å². The first-order valence-electron chi connectivity index (χ1n) is 12.8. The van der Waals surface area contributed by atoms with Gasteiger partial charge in [-0.3, -0.25) is 14.3 Å². The van der Waals surface area contributed by atoms with Crippen molar-refractivity contribution in [3.8, 4) is 11.8 Å². The van der Waals surface area contributed by atoms with Crippen LogP contribution in [0.4, 0.5) is 20.2 Å². The zero-order chi connectivity index (χ0) is 29.1. The molecule has 2 amide bonds. The number of nitriles is 1. The molecule has 0 fully saturated rings. The Balaban J connectivity index is 1.38. The molecule has 4 aromatic rings. The molecule has 0 bridgehead atoms. The van der Waals surface area contributed by atoms with E-state index in [-0.39, 0.29) is 58.6 Å². The average molecular weight is 558 g/mol. The molecule has 0 spiro atoms. The molecule has 1 aliphatic heterocycles. The number of anilines is 2. The lowest BCUT2D eigenvalue weighted by Gasteiger charge is -2.34. The number of rotatable bonds is 8. The molecule has 41 heavy (non-hydrogen) atoms. The number of alkyl halides is 2. The fraction of sp³-hybridized carbons (Fsp3) is 0.200. The highest BCUT2D eigenvalue weighted by molar-refractivity contribution is 6.13. The van der Waals surface area contributed by atoms with Crippen molar-refractivity contribution in [3.05, 3.63) is 107 Å². The first-order valence-corrected chi connectivity index (χ1v) is 12.8. The second-order valence-corrected chi connectivity index (χ2v) is 9.45. The molecule has 1 unspecified atom stereocenters. The van der Waals surface area contributed by atoms with Crippen LogP contribution in [-0.2, 0) is 12.5 Å². The lowest BCUT2D eigenvalue weighted by atomic mass is 9.99. The number of carbonyl (C=O) groups excluding carboxylic acids is 2. The summed E-state index contributed by atoms with van der Waals surface area (Å²) in [6.07, 6.45) is 1.37. The van der Waals surface area contributed by atoms with Gasteiger partial charge >= 0.3 is 0 Å². The van der Waals surface area contributed by atoms with Gasteiger partial charge in [0.05, 0.1) is 36.6 Å². The molecule has 2 heterocycles. The van der Waals surface area contributed by atoms with Crippen molar-refractivity contribution in [2.75, 3.05) is 23.4 Å². The number of carbonyl (C=O) groups is 2. The summed E-state index contributed by atoms with van der Waals surface area (Å²) >= 11 is 0. The largest absolute Gasteiger partial charge is 0.490 e. The van der Waals surface area contributed by atoms with E-state index in [1.54, 1.807) is 18.2 Å². The van der Waals surface area contributed by atoms with E-state index in [9.17, 15) is 14.9 Å². The zero-order valence-corrected chi connectivity index (χ0v) is 21.9. The predicted octanol–water partition coefficient (Wildman–Crippen LogP) is 4.57. The van der Waals surface area contributed by atoms with Gasteiger partial charge in [0.2, 0.25) is 0 Å². The smallest absolute Gasteiger partial charge is 0.298 e. The topological polar surface area (TPSA) is 120 Å². The van der Waals surface area contributed by atoms with Crippen LogP contribution in [0.5, 0.6) is 5.75 Å². The number of aliphatic hydroxyl groups is 1. The van der Waals surface area contributed by atoms with Crippen LogP contribution >= 0.6 is 0 Å². The highest BCUT2D eigenvalue weighted by Gasteiger charge is 2.37. The standard InChI is InChI=1S/C30H25F2N5O4/c1-19-18-36-27(25(17-34-36)35-28(39)20-7-12-26(41-14-13-38)21(15-20)16-33)29(40)37(19)24-10-8-23(9-11-24)30(31,32)22-5-3-2-4-6-22/h2-12,15,17,19,38H,13-14,18H2,1H3,(H,35,39). The molecule has 1 aromatic heterocycles. The van der Waals surface area contributed by atoms with Crippen molar-refractivity contribution in [2.45, 2.75) is 25.4 Å². The molecule has 1 atom stereocenters. The van der Waals surface area contributed by atoms with E-state index >= 15 is 8.78 Å². The van der Waals surface area contributed by atoms with Crippen LogP contribution < -0.4 is 15.0 Å². The van der Waals surface area contributed by atoms with Crippen molar-refractivity contribution >= 4 is 23.2 Å². The van der Waals surface area contributed by atoms with Gasteiger partial charge in [-0.1, -0.05) is 42.5 Å². The molecular weight excluding hydrogens is 532 g/mol. The maximum absolute atomic E-state index is 15.0. The molecule has 1 aliphatic rings. The van der Waals surface area contributed by atoms with Gasteiger partial charge in [-0.15, -0.1) is 0 Å². The third-order valence-corrected chi connectivity index (χ3v) is 6.74. The van der Waals surface area contributed by atoms with Crippen molar-refractivity contribution in [2.24, 2.45) is 0 Å². The summed E-state index contributed by atoms with van der Waals surface area (Å²) in [5.41, 5.74) is 0.668. The molecule has 0 saturated carbocycles. The van der Waals surface area contributed by atoms with E-state index in [0.717, 1.165) is 0 Å². The monoisotopic (exact) mass is 557 g/mol. The Morgan fingerprint density at radius 3 is 2.54 bits per heavy atom. The number of nitrogens with zero attached hydrogens (tertiary/aromatic N) is 4. The molecule has 9 nitrogen and oxygen atoms in total. The number of aromatic nitrogens is 2. The van der Waals surface area contributed by atoms with Gasteiger partial charge in [-0.05, 0) is 37.3 Å². The molecule has 5 rings (SSSR count). The molecule has 11 heteroatoms. The van der Waals surface area contributed by atoms with E-state index in [0.29, 0.717) is 12.2 Å². The Labute approximate surface area is 234 Å². The third kappa shape index (κ3) is 5.25. The summed E-state index contributed by atoms with van der Waals surface area (Å²) in [6.45, 7) is 1.90. The fourth-order valence-corrected chi connectivity index (χ4v) is 4.74. The van der Waals surface area contributed by atoms with Crippen molar-refractivity contribution in [1.82, 2.24) is 9.78 Å². The second-order valence-electron chi connectivity index (χ2n) is 9.45. The molecule has 0 aliphatic carbocycles. The molecule has 2 N–H and O–H groups in total. The lowest BCUT2D eigenvalue weighted by Crippen LogP contribution is -2.47. The number of hydrogen-bond donors (Lipinski definition) is 2. The number of fused-ring (bicyclic) bond motifs is 1. The Bertz CT molecular complexity index is 1630. The zero-order valence-electron chi connectivity index (χ0n) is 21.9. The molecule has 0 saturated heterocycles. The Kier molecular flexibility index (Phi) is 7.50. The quantitative estimate of drug-likeness (QED) is 0.328. The van der Waals surface area contributed by atoms with Gasteiger partial charge in [0.1, 0.15) is 24.1 Å². The highest BCUT2D eigenvalue weighted by atomic mass is 19.3. The van der Waals surface area contributed by atoms with Crippen LogP contribution in [0.25, 0.3) is 0 Å². The van der Waals surface area contributed by atoms with Crippen LogP contribution in [0.2, 0.25) is 0 Å². The summed E-state index contributed by atoms with van der Waals surface area (Å²) in [5, 5.41) is 25.3. The van der Waals surface area contributed by atoms with Gasteiger partial charge in [0, 0.05) is 22.4 Å². The SMILES string of the molecule is CC1Cn2ncc(NC(=O)c3ccc(OCCO)c(C#N)c3)c2C(=O)N1c1ccc(C(F)(F)c2ccccc2)cc1. The molecule has 0 radical (unpaired) electrons. The third-order valence-electron chi connectivity index (χ3n) is 6.74. The Morgan fingerprint density at radius 1 is 1.15 bits per heavy atom. The summed E-state index contributed by atoms with van der Waals surface area (Å²) in [4.78, 5) is 28.2. The summed E-state index contributed by atoms with van der Waals surface area (Å²) < 4.78 is 36.9. The van der Waals surface area contributed by atoms with Gasteiger partial charge in [0.15, 0.2) is 0 Å². The summed E-state index contributed by atoms with van der Waals surface area (Å²) in [5.74, 6) is -4.00. The minimum Gasteiger partial charge on any atom is -0.490 e. The number of aliphatic hydroxyl groups excluding tert-OH is 1. The van der Waals surface area contributed by atoms with E-state index < -0.39 is 17.7 Å². The number of nitrogens with one attached hydrogen (secondary N) is 1. The van der Waals surface area contributed by atoms with Gasteiger partial charge < -0.3 is 20.1 Å². The van der Waals surface area contributed by atoms with Gasteiger partial charge in [-0.2, -0.15) is 19.1 Å². The van der Waals surface area contributed by atoms with E-state index in [1.165, 1.54) is 70.4 Å². The predicted molar refractivity (Wildman–Crippen MR) is 146 cm³/mol. The van der Waals surface area contributed by atoms with Gasteiger partial charge in [-0.25, -0.2) is 0 Å². The molecule has 3 aromatic carbocycles. The van der Waals surface area contributed by atoms with E-state index in [1.807, 2.05) is 13.0 Å². The number of amides is 2. The second kappa shape index (κ2) is 11.2. The van der Waals surface area contributed by atoms with Crippen LogP contribution in [0.1, 0.15) is 44.5 Å². The van der Waals surface area contributed by atoms with Crippen LogP contribution in [0, 0.1) is 11.3 Å². The van der Waals surface area contributed by atoms with Crippen LogP contribution in [0.15, 0.2) is 79.0 Å². The van der Waals surface area contributed by atoms with Gasteiger partial charge in [0.25, 0.3) is 17.7 Å². The first-order chi connectivity index (χ1) is 19.7. The van der Waals surface area contributed by atoms with Crippen LogP contribution in [0.3, 0.4) is 0 Å².